The number of hydrogen-bond donors (Lipinski definition) is 1. The van der Waals surface area contributed by atoms with Gasteiger partial charge in [-0.2, -0.15) is 0 Å². The van der Waals surface area contributed by atoms with Crippen LogP contribution in [0.15, 0.2) is 30.3 Å². The van der Waals surface area contributed by atoms with E-state index in [0.29, 0.717) is 6.42 Å². The molecule has 2 atom stereocenters. The molecule has 0 spiro atoms. The maximum Gasteiger partial charge on any atom is 0.695 e. The molecule has 0 saturated carbocycles. The van der Waals surface area contributed by atoms with Crippen LogP contribution < -0.4 is 0 Å². The summed E-state index contributed by atoms with van der Waals surface area (Å²) >= 11 is 0. The number of rotatable bonds is 6. The highest BCUT2D eigenvalue weighted by Gasteiger charge is 2.20. The van der Waals surface area contributed by atoms with Gasteiger partial charge in [-0.1, -0.05) is 37.3 Å². The van der Waals surface area contributed by atoms with Crippen LogP contribution in [0.1, 0.15) is 12.5 Å². The quantitative estimate of drug-likeness (QED) is 0.774. The van der Waals surface area contributed by atoms with Crippen molar-refractivity contribution in [2.75, 3.05) is 6.61 Å². The summed E-state index contributed by atoms with van der Waals surface area (Å²) in [4.78, 5) is 19.9. The molecule has 1 aromatic carbocycles. The molecular weight excluding hydrogens is 227 g/mol. The van der Waals surface area contributed by atoms with Gasteiger partial charge in [0.05, 0.1) is 0 Å². The molecular formula is C11H14O4P+. The van der Waals surface area contributed by atoms with Gasteiger partial charge in [0.2, 0.25) is 0 Å². The zero-order valence-electron chi connectivity index (χ0n) is 9.00. The van der Waals surface area contributed by atoms with Crippen molar-refractivity contribution in [1.29, 1.82) is 0 Å². The van der Waals surface area contributed by atoms with Gasteiger partial charge in [-0.05, 0) is 12.0 Å². The molecule has 4 nitrogen and oxygen atoms in total. The Morgan fingerprint density at radius 3 is 2.62 bits per heavy atom. The van der Waals surface area contributed by atoms with E-state index in [4.69, 9.17) is 4.89 Å². The molecule has 0 saturated heterocycles. The molecule has 0 aliphatic heterocycles. The first-order valence-electron chi connectivity index (χ1n) is 4.95. The minimum absolute atomic E-state index is 0.166. The lowest BCUT2D eigenvalue weighted by atomic mass is 9.98. The number of carbonyl (C=O) groups excluding carboxylic acids is 1. The monoisotopic (exact) mass is 241 g/mol. The Morgan fingerprint density at radius 2 is 2.06 bits per heavy atom. The van der Waals surface area contributed by atoms with Gasteiger partial charge < -0.3 is 0 Å². The van der Waals surface area contributed by atoms with Gasteiger partial charge >= 0.3 is 8.25 Å². The third-order valence-electron chi connectivity index (χ3n) is 2.25. The Balaban J connectivity index is 2.43. The molecule has 0 bridgehead atoms. The van der Waals surface area contributed by atoms with Gasteiger partial charge in [0.1, 0.15) is 0 Å². The third kappa shape index (κ3) is 4.62. The van der Waals surface area contributed by atoms with Crippen molar-refractivity contribution in [2.45, 2.75) is 13.3 Å². The predicted molar refractivity (Wildman–Crippen MR) is 60.1 cm³/mol. The summed E-state index contributed by atoms with van der Waals surface area (Å²) < 4.78 is 14.6. The van der Waals surface area contributed by atoms with E-state index in [2.05, 4.69) is 4.52 Å². The number of hydrogen-bond acceptors (Lipinski definition) is 3. The number of Topliss-reactive ketones (excluding diaryl/α,β-unsaturated/α-hetero) is 1. The summed E-state index contributed by atoms with van der Waals surface area (Å²) in [5.41, 5.74) is 1.07. The van der Waals surface area contributed by atoms with E-state index in [1.54, 1.807) is 6.92 Å². The van der Waals surface area contributed by atoms with Crippen LogP contribution in [0.5, 0.6) is 0 Å². The Bertz CT molecular complexity index is 364. The molecule has 0 aliphatic carbocycles. The van der Waals surface area contributed by atoms with E-state index in [-0.39, 0.29) is 18.3 Å². The van der Waals surface area contributed by atoms with Gasteiger partial charge in [-0.3, -0.25) is 4.79 Å². The van der Waals surface area contributed by atoms with Crippen molar-refractivity contribution in [3.8, 4) is 0 Å². The second kappa shape index (κ2) is 6.48. The fourth-order valence-electron chi connectivity index (χ4n) is 1.34. The molecule has 5 heteroatoms. The average Bonchev–Trinajstić information content (AvgIpc) is 2.27. The van der Waals surface area contributed by atoms with E-state index in [9.17, 15) is 9.36 Å². The number of ketones is 1. The van der Waals surface area contributed by atoms with Crippen molar-refractivity contribution >= 4 is 14.0 Å². The summed E-state index contributed by atoms with van der Waals surface area (Å²) in [7, 11) is -2.69. The van der Waals surface area contributed by atoms with Gasteiger partial charge in [0.25, 0.3) is 0 Å². The third-order valence-corrected chi connectivity index (χ3v) is 2.60. The molecule has 0 amide bonds. The molecule has 1 rings (SSSR count). The summed E-state index contributed by atoms with van der Waals surface area (Å²) in [6.45, 7) is 1.48. The number of carbonyl (C=O) groups is 1. The standard InChI is InChI=1S/C11H13O4P/c1-9(11(12)8-15-16(13)14)7-10-5-3-2-4-6-10/h2-6,9H,7-8H2,1H3/p+1. The van der Waals surface area contributed by atoms with Crippen LogP contribution in [-0.2, 0) is 20.3 Å². The molecule has 2 unspecified atom stereocenters. The zero-order valence-corrected chi connectivity index (χ0v) is 9.89. The molecule has 0 aliphatic rings. The fourth-order valence-corrected chi connectivity index (χ4v) is 1.58. The van der Waals surface area contributed by atoms with Gasteiger partial charge in [0, 0.05) is 10.5 Å². The molecule has 1 aromatic rings. The molecule has 1 N–H and O–H groups in total. The maximum atomic E-state index is 11.5. The van der Waals surface area contributed by atoms with Crippen molar-refractivity contribution < 1.29 is 18.8 Å². The van der Waals surface area contributed by atoms with Crippen LogP contribution in [-0.4, -0.2) is 17.3 Å². The first-order valence-corrected chi connectivity index (χ1v) is 6.08. The lowest BCUT2D eigenvalue weighted by molar-refractivity contribution is -0.124. The van der Waals surface area contributed by atoms with Crippen LogP contribution in [0.25, 0.3) is 0 Å². The molecule has 86 valence electrons. The largest absolute Gasteiger partial charge is 0.695 e. The highest BCUT2D eigenvalue weighted by atomic mass is 31.1. The molecule has 0 aromatic heterocycles. The minimum atomic E-state index is -2.69. The summed E-state index contributed by atoms with van der Waals surface area (Å²) in [6.07, 6.45) is 0.616. The SMILES string of the molecule is CC(Cc1ccccc1)C(=O)CO[P+](=O)O. The summed E-state index contributed by atoms with van der Waals surface area (Å²) in [5, 5.41) is 0. The lowest BCUT2D eigenvalue weighted by Crippen LogP contribution is -2.18. The Kier molecular flexibility index (Phi) is 5.26. The predicted octanol–water partition coefficient (Wildman–Crippen LogP) is 2.10. The van der Waals surface area contributed by atoms with E-state index in [0.717, 1.165) is 5.56 Å². The van der Waals surface area contributed by atoms with Crippen molar-refractivity contribution in [2.24, 2.45) is 5.92 Å². The first kappa shape index (κ1) is 13.0. The second-order valence-corrected chi connectivity index (χ2v) is 4.30. The summed E-state index contributed by atoms with van der Waals surface area (Å²) in [5.74, 6) is -0.376. The molecule has 16 heavy (non-hydrogen) atoms. The highest BCUT2D eigenvalue weighted by Crippen LogP contribution is 2.16. The Hall–Kier alpha value is -1.09. The Morgan fingerprint density at radius 1 is 1.44 bits per heavy atom. The molecule has 0 fully saturated rings. The van der Waals surface area contributed by atoms with Crippen LogP contribution in [0.2, 0.25) is 0 Å². The van der Waals surface area contributed by atoms with Gasteiger partial charge in [0.15, 0.2) is 12.4 Å². The van der Waals surface area contributed by atoms with E-state index in [1.165, 1.54) is 0 Å². The topological polar surface area (TPSA) is 63.6 Å². The van der Waals surface area contributed by atoms with Crippen molar-refractivity contribution in [3.63, 3.8) is 0 Å². The fraction of sp³-hybridized carbons (Fsp3) is 0.364. The van der Waals surface area contributed by atoms with Crippen LogP contribution in [0.3, 0.4) is 0 Å². The van der Waals surface area contributed by atoms with Gasteiger partial charge in [-0.25, -0.2) is 0 Å². The smallest absolute Gasteiger partial charge is 0.297 e. The average molecular weight is 241 g/mol. The molecule has 0 heterocycles. The van der Waals surface area contributed by atoms with Crippen molar-refractivity contribution in [3.05, 3.63) is 35.9 Å². The minimum Gasteiger partial charge on any atom is -0.297 e. The molecule has 0 radical (unpaired) electrons. The summed E-state index contributed by atoms with van der Waals surface area (Å²) in [6, 6.07) is 9.62. The second-order valence-electron chi connectivity index (χ2n) is 3.57. The van der Waals surface area contributed by atoms with Crippen molar-refractivity contribution in [1.82, 2.24) is 0 Å². The van der Waals surface area contributed by atoms with Crippen LogP contribution in [0.4, 0.5) is 0 Å². The maximum absolute atomic E-state index is 11.5. The number of benzene rings is 1. The van der Waals surface area contributed by atoms with Crippen LogP contribution in [0, 0.1) is 5.92 Å². The van der Waals surface area contributed by atoms with E-state index < -0.39 is 8.25 Å². The zero-order chi connectivity index (χ0) is 12.0. The van der Waals surface area contributed by atoms with E-state index in [1.807, 2.05) is 30.3 Å². The van der Waals surface area contributed by atoms with Crippen LogP contribution >= 0.6 is 8.25 Å². The highest BCUT2D eigenvalue weighted by molar-refractivity contribution is 7.32. The normalized spacial score (nSPS) is 13.2. The first-order chi connectivity index (χ1) is 7.59. The Labute approximate surface area is 95.2 Å². The lowest BCUT2D eigenvalue weighted by Gasteiger charge is -2.07. The van der Waals surface area contributed by atoms with Gasteiger partial charge in [-0.15, -0.1) is 9.42 Å². The van der Waals surface area contributed by atoms with E-state index >= 15 is 0 Å².